The Labute approximate surface area is 105 Å². The quantitative estimate of drug-likeness (QED) is 0.724. The maximum atomic E-state index is 12.3. The van der Waals surface area contributed by atoms with Crippen molar-refractivity contribution < 1.29 is 8.42 Å². The molecular weight excluding hydrogens is 234 g/mol. The van der Waals surface area contributed by atoms with Gasteiger partial charge in [-0.25, -0.2) is 8.42 Å². The molecule has 1 aliphatic rings. The fourth-order valence-corrected chi connectivity index (χ4v) is 3.38. The van der Waals surface area contributed by atoms with Crippen LogP contribution in [0.1, 0.15) is 33.1 Å². The van der Waals surface area contributed by atoms with Crippen molar-refractivity contribution in [1.82, 2.24) is 4.31 Å². The standard InChI is InChI=1S/C13H21NO2S/c1-4-13(9-8-12(2)3)17(15,16)14-10-6-5-7-11-14/h4,8-9H,2,5-7,10-11H2,1,3H3/b9-8-,13-4+. The molecule has 1 aliphatic heterocycles. The molecule has 0 aromatic heterocycles. The fraction of sp³-hybridized carbons (Fsp3) is 0.538. The lowest BCUT2D eigenvalue weighted by atomic mass is 10.2. The van der Waals surface area contributed by atoms with Crippen molar-refractivity contribution in [2.45, 2.75) is 33.1 Å². The summed E-state index contributed by atoms with van der Waals surface area (Å²) in [7, 11) is -3.30. The van der Waals surface area contributed by atoms with Gasteiger partial charge in [-0.15, -0.1) is 0 Å². The largest absolute Gasteiger partial charge is 0.242 e. The molecule has 0 radical (unpaired) electrons. The minimum atomic E-state index is -3.30. The van der Waals surface area contributed by atoms with Gasteiger partial charge in [0.15, 0.2) is 0 Å². The number of sulfonamides is 1. The number of hydrogen-bond donors (Lipinski definition) is 0. The molecule has 4 heteroatoms. The second-order valence-electron chi connectivity index (χ2n) is 4.34. The van der Waals surface area contributed by atoms with Gasteiger partial charge < -0.3 is 0 Å². The van der Waals surface area contributed by atoms with E-state index in [2.05, 4.69) is 6.58 Å². The van der Waals surface area contributed by atoms with E-state index < -0.39 is 10.0 Å². The monoisotopic (exact) mass is 255 g/mol. The van der Waals surface area contributed by atoms with E-state index in [1.807, 2.05) is 6.92 Å². The van der Waals surface area contributed by atoms with Crippen LogP contribution in [0.5, 0.6) is 0 Å². The Morgan fingerprint density at radius 3 is 2.24 bits per heavy atom. The molecular formula is C13H21NO2S. The van der Waals surface area contributed by atoms with Crippen LogP contribution < -0.4 is 0 Å². The highest BCUT2D eigenvalue weighted by Gasteiger charge is 2.25. The molecule has 0 aromatic carbocycles. The highest BCUT2D eigenvalue weighted by Crippen LogP contribution is 2.20. The van der Waals surface area contributed by atoms with Gasteiger partial charge >= 0.3 is 0 Å². The summed E-state index contributed by atoms with van der Waals surface area (Å²) < 4.78 is 26.2. The molecule has 1 heterocycles. The van der Waals surface area contributed by atoms with Crippen LogP contribution >= 0.6 is 0 Å². The molecule has 0 aromatic rings. The Balaban J connectivity index is 2.90. The summed E-state index contributed by atoms with van der Waals surface area (Å²) in [5.41, 5.74) is 0.846. The third kappa shape index (κ3) is 3.82. The minimum absolute atomic E-state index is 0.363. The van der Waals surface area contributed by atoms with Gasteiger partial charge in [0, 0.05) is 13.1 Å². The summed E-state index contributed by atoms with van der Waals surface area (Å²) >= 11 is 0. The molecule has 0 amide bonds. The Morgan fingerprint density at radius 1 is 1.18 bits per heavy atom. The van der Waals surface area contributed by atoms with Crippen molar-refractivity contribution in [3.8, 4) is 0 Å². The lowest BCUT2D eigenvalue weighted by Gasteiger charge is -2.26. The van der Waals surface area contributed by atoms with Crippen molar-refractivity contribution in [2.75, 3.05) is 13.1 Å². The Hall–Kier alpha value is -0.870. The van der Waals surface area contributed by atoms with Gasteiger partial charge in [0.2, 0.25) is 10.0 Å². The lowest BCUT2D eigenvalue weighted by molar-refractivity contribution is 0.350. The van der Waals surface area contributed by atoms with E-state index in [1.165, 1.54) is 0 Å². The molecule has 1 saturated heterocycles. The lowest BCUT2D eigenvalue weighted by Crippen LogP contribution is -2.36. The van der Waals surface area contributed by atoms with E-state index in [9.17, 15) is 8.42 Å². The van der Waals surface area contributed by atoms with Crippen molar-refractivity contribution in [3.05, 3.63) is 35.3 Å². The van der Waals surface area contributed by atoms with Crippen molar-refractivity contribution in [2.24, 2.45) is 0 Å². The fourth-order valence-electron chi connectivity index (χ4n) is 1.81. The maximum Gasteiger partial charge on any atom is 0.242 e. The number of nitrogens with zero attached hydrogens (tertiary/aromatic N) is 1. The Kier molecular flexibility index (Phi) is 5.15. The predicted octanol–water partition coefficient (Wildman–Crippen LogP) is 2.84. The summed E-state index contributed by atoms with van der Waals surface area (Å²) in [4.78, 5) is 0.363. The summed E-state index contributed by atoms with van der Waals surface area (Å²) in [6.45, 7) is 8.61. The third-order valence-corrected chi connectivity index (χ3v) is 4.78. The van der Waals surface area contributed by atoms with Crippen LogP contribution in [-0.4, -0.2) is 25.8 Å². The van der Waals surface area contributed by atoms with Crippen LogP contribution in [0.4, 0.5) is 0 Å². The zero-order valence-corrected chi connectivity index (χ0v) is 11.5. The van der Waals surface area contributed by atoms with Crippen LogP contribution in [0.3, 0.4) is 0 Å². The van der Waals surface area contributed by atoms with Crippen molar-refractivity contribution >= 4 is 10.0 Å². The predicted molar refractivity (Wildman–Crippen MR) is 72.1 cm³/mol. The third-order valence-electron chi connectivity index (χ3n) is 2.77. The van der Waals surface area contributed by atoms with E-state index in [0.29, 0.717) is 18.0 Å². The van der Waals surface area contributed by atoms with Crippen LogP contribution in [0.15, 0.2) is 35.3 Å². The average Bonchev–Trinajstić information content (AvgIpc) is 2.30. The molecule has 3 nitrogen and oxygen atoms in total. The van der Waals surface area contributed by atoms with Gasteiger partial charge in [-0.05, 0) is 32.8 Å². The summed E-state index contributed by atoms with van der Waals surface area (Å²) in [6, 6.07) is 0. The molecule has 0 spiro atoms. The van der Waals surface area contributed by atoms with Gasteiger partial charge in [-0.1, -0.05) is 30.7 Å². The first kappa shape index (κ1) is 14.2. The molecule has 96 valence electrons. The normalized spacial score (nSPS) is 19.8. The highest BCUT2D eigenvalue weighted by atomic mass is 32.2. The van der Waals surface area contributed by atoms with Crippen molar-refractivity contribution in [1.29, 1.82) is 0 Å². The minimum Gasteiger partial charge on any atom is -0.207 e. The highest BCUT2D eigenvalue weighted by molar-refractivity contribution is 7.93. The zero-order chi connectivity index (χ0) is 12.9. The molecule has 0 bridgehead atoms. The number of piperidine rings is 1. The molecule has 0 atom stereocenters. The van der Waals surface area contributed by atoms with Crippen molar-refractivity contribution in [3.63, 3.8) is 0 Å². The first-order valence-corrected chi connectivity index (χ1v) is 7.42. The van der Waals surface area contributed by atoms with Gasteiger partial charge in [0.1, 0.15) is 0 Å². The van der Waals surface area contributed by atoms with E-state index in [1.54, 1.807) is 29.5 Å². The second kappa shape index (κ2) is 6.17. The molecule has 17 heavy (non-hydrogen) atoms. The number of hydrogen-bond acceptors (Lipinski definition) is 2. The molecule has 1 rings (SSSR count). The topological polar surface area (TPSA) is 37.4 Å². The first-order chi connectivity index (χ1) is 7.98. The Bertz CT molecular complexity index is 426. The second-order valence-corrected chi connectivity index (χ2v) is 6.27. The van der Waals surface area contributed by atoms with E-state index in [0.717, 1.165) is 24.8 Å². The Morgan fingerprint density at radius 2 is 1.76 bits per heavy atom. The van der Waals surface area contributed by atoms with Crippen LogP contribution in [-0.2, 0) is 10.0 Å². The van der Waals surface area contributed by atoms with Gasteiger partial charge in [-0.3, -0.25) is 0 Å². The van der Waals surface area contributed by atoms with Crippen LogP contribution in [0.25, 0.3) is 0 Å². The molecule has 0 saturated carbocycles. The maximum absolute atomic E-state index is 12.3. The average molecular weight is 255 g/mol. The molecule has 0 N–H and O–H groups in total. The first-order valence-electron chi connectivity index (χ1n) is 5.98. The zero-order valence-electron chi connectivity index (χ0n) is 10.6. The number of rotatable bonds is 4. The number of allylic oxidation sites excluding steroid dienone is 4. The van der Waals surface area contributed by atoms with E-state index in [4.69, 9.17) is 0 Å². The molecule has 1 fully saturated rings. The van der Waals surface area contributed by atoms with Gasteiger partial charge in [0.05, 0.1) is 4.91 Å². The molecule has 0 aliphatic carbocycles. The van der Waals surface area contributed by atoms with Crippen LogP contribution in [0.2, 0.25) is 0 Å². The van der Waals surface area contributed by atoms with Gasteiger partial charge in [0.25, 0.3) is 0 Å². The summed E-state index contributed by atoms with van der Waals surface area (Å²) in [5.74, 6) is 0. The van der Waals surface area contributed by atoms with Crippen LogP contribution in [0, 0.1) is 0 Å². The molecule has 0 unspecified atom stereocenters. The van der Waals surface area contributed by atoms with E-state index >= 15 is 0 Å². The van der Waals surface area contributed by atoms with Gasteiger partial charge in [-0.2, -0.15) is 4.31 Å². The summed E-state index contributed by atoms with van der Waals surface area (Å²) in [6.07, 6.45) is 8.05. The summed E-state index contributed by atoms with van der Waals surface area (Å²) in [5, 5.41) is 0. The SMILES string of the molecule is C=C(C)/C=C\C(=C/C)S(=O)(=O)N1CCCCC1. The smallest absolute Gasteiger partial charge is 0.207 e. The van der Waals surface area contributed by atoms with E-state index in [-0.39, 0.29) is 0 Å².